The standard InChI is InChI=1S/C41H54N4O5/c1-26-34-22-33(41(34,3)4)23-35(26)42-38(47)37-36(27(2)46)40(49)50-45(37)25-29-13-10-14-32(21-29)30-15-17-31(18-16-30)39(48)44(20-19-43(5)6)24-28-11-8-7-9-12-28/h7-18,21,26-27,33-37,40,46,49H,19-20,22-25H2,1-6H3,(H,42,47)/t26-,27-,33+,34-,35-,36-,37-,40?/m0/s1. The van der Waals surface area contributed by atoms with Gasteiger partial charge >= 0.3 is 0 Å². The number of carbonyl (C=O) groups excluding carboxylic acids is 2. The smallest absolute Gasteiger partial charge is 0.254 e. The fourth-order valence-corrected chi connectivity index (χ4v) is 8.57. The van der Waals surface area contributed by atoms with Crippen LogP contribution in [-0.2, 0) is 22.7 Å². The molecule has 7 rings (SSSR count). The first-order chi connectivity index (χ1) is 23.8. The van der Waals surface area contributed by atoms with Crippen molar-refractivity contribution in [3.63, 3.8) is 0 Å². The van der Waals surface area contributed by atoms with Gasteiger partial charge in [-0.1, -0.05) is 81.4 Å². The van der Waals surface area contributed by atoms with E-state index in [4.69, 9.17) is 4.84 Å². The Morgan fingerprint density at radius 3 is 2.30 bits per heavy atom. The van der Waals surface area contributed by atoms with Gasteiger partial charge in [0.2, 0.25) is 5.91 Å². The third kappa shape index (κ3) is 7.53. The number of likely N-dealkylation sites (N-methyl/N-ethyl adjacent to an activating group) is 1. The quantitative estimate of drug-likeness (QED) is 0.242. The van der Waals surface area contributed by atoms with E-state index < -0.39 is 24.4 Å². The molecule has 9 heteroatoms. The van der Waals surface area contributed by atoms with Crippen LogP contribution in [-0.4, -0.2) is 88.6 Å². The lowest BCUT2D eigenvalue weighted by Crippen LogP contribution is -2.62. The molecule has 4 fully saturated rings. The maximum Gasteiger partial charge on any atom is 0.254 e. The van der Waals surface area contributed by atoms with E-state index in [0.717, 1.165) is 35.2 Å². The van der Waals surface area contributed by atoms with Gasteiger partial charge in [0.25, 0.3) is 5.91 Å². The number of hydrogen-bond donors (Lipinski definition) is 3. The molecule has 3 aromatic rings. The summed E-state index contributed by atoms with van der Waals surface area (Å²) in [6.45, 7) is 10.7. The van der Waals surface area contributed by atoms with Crippen molar-refractivity contribution in [3.8, 4) is 11.1 Å². The van der Waals surface area contributed by atoms with Gasteiger partial charge < -0.3 is 25.3 Å². The number of hydrogen-bond acceptors (Lipinski definition) is 7. The number of carbonyl (C=O) groups is 2. The van der Waals surface area contributed by atoms with Crippen molar-refractivity contribution in [1.29, 1.82) is 0 Å². The van der Waals surface area contributed by atoms with E-state index in [-0.39, 0.29) is 24.4 Å². The topological polar surface area (TPSA) is 106 Å². The number of nitrogens with one attached hydrogen (secondary N) is 1. The van der Waals surface area contributed by atoms with Gasteiger partial charge in [0, 0.05) is 31.2 Å². The molecular formula is C41H54N4O5. The monoisotopic (exact) mass is 682 g/mol. The normalized spacial score (nSPS) is 27.8. The number of nitrogens with zero attached hydrogens (tertiary/aromatic N) is 3. The molecule has 2 bridgehead atoms. The van der Waals surface area contributed by atoms with Crippen LogP contribution >= 0.6 is 0 Å². The number of rotatable bonds is 12. The number of amides is 2. The van der Waals surface area contributed by atoms with E-state index in [1.807, 2.05) is 97.9 Å². The molecule has 1 aliphatic heterocycles. The summed E-state index contributed by atoms with van der Waals surface area (Å²) >= 11 is 0. The van der Waals surface area contributed by atoms with Crippen LogP contribution in [0.25, 0.3) is 11.1 Å². The summed E-state index contributed by atoms with van der Waals surface area (Å²) in [5, 5.41) is 26.3. The van der Waals surface area contributed by atoms with Crippen molar-refractivity contribution >= 4 is 11.8 Å². The number of aliphatic hydroxyl groups excluding tert-OH is 2. The average Bonchev–Trinajstić information content (AvgIpc) is 3.42. The minimum Gasteiger partial charge on any atom is -0.393 e. The summed E-state index contributed by atoms with van der Waals surface area (Å²) in [6.07, 6.45) is -0.0813. The maximum atomic E-state index is 13.9. The highest BCUT2D eigenvalue weighted by atomic mass is 16.8. The molecule has 3 saturated carbocycles. The van der Waals surface area contributed by atoms with Crippen molar-refractivity contribution in [3.05, 3.63) is 95.6 Å². The lowest BCUT2D eigenvalue weighted by molar-refractivity contribution is -0.231. The first-order valence-electron chi connectivity index (χ1n) is 18.1. The minimum absolute atomic E-state index is 0.0129. The Morgan fingerprint density at radius 1 is 0.960 bits per heavy atom. The summed E-state index contributed by atoms with van der Waals surface area (Å²) in [5.74, 6) is 0.509. The van der Waals surface area contributed by atoms with E-state index in [1.54, 1.807) is 6.92 Å². The Balaban J connectivity index is 1.15. The highest BCUT2D eigenvalue weighted by molar-refractivity contribution is 5.94. The van der Waals surface area contributed by atoms with Crippen molar-refractivity contribution < 1.29 is 24.6 Å². The second kappa shape index (κ2) is 14.9. The molecule has 50 heavy (non-hydrogen) atoms. The molecular weight excluding hydrogens is 628 g/mol. The predicted octanol–water partition coefficient (Wildman–Crippen LogP) is 5.18. The van der Waals surface area contributed by atoms with Crippen LogP contribution in [0.4, 0.5) is 0 Å². The predicted molar refractivity (Wildman–Crippen MR) is 194 cm³/mol. The molecule has 3 N–H and O–H groups in total. The van der Waals surface area contributed by atoms with Crippen molar-refractivity contribution in [2.45, 2.75) is 78.1 Å². The average molecular weight is 683 g/mol. The molecule has 8 atom stereocenters. The largest absolute Gasteiger partial charge is 0.393 e. The molecule has 268 valence electrons. The summed E-state index contributed by atoms with van der Waals surface area (Å²) in [7, 11) is 4.01. The lowest BCUT2D eigenvalue weighted by atomic mass is 9.45. The second-order valence-corrected chi connectivity index (χ2v) is 15.7. The molecule has 9 nitrogen and oxygen atoms in total. The molecule has 4 aliphatic rings. The summed E-state index contributed by atoms with van der Waals surface area (Å²) in [5.41, 5.74) is 4.83. The number of aliphatic hydroxyl groups is 2. The fraction of sp³-hybridized carbons (Fsp3) is 0.512. The van der Waals surface area contributed by atoms with Crippen molar-refractivity contribution in [2.75, 3.05) is 27.2 Å². The Labute approximate surface area is 297 Å². The first kappa shape index (κ1) is 36.2. The summed E-state index contributed by atoms with van der Waals surface area (Å²) in [4.78, 5) is 37.4. The first-order valence-corrected chi connectivity index (χ1v) is 18.1. The number of fused-ring (bicyclic) bond motifs is 2. The zero-order valence-electron chi connectivity index (χ0n) is 30.3. The minimum atomic E-state index is -1.30. The van der Waals surface area contributed by atoms with Crippen molar-refractivity contribution in [1.82, 2.24) is 20.2 Å². The molecule has 0 radical (unpaired) electrons. The SMILES string of the molecule is C[C@@H]1[C@@H](NC(=O)[C@@H]2[C@H]([C@H](C)O)C(O)ON2Cc2cccc(-c3ccc(C(=O)N(CCN(C)C)Cc4ccccc4)cc3)c2)C[C@H]2C[C@@H]1C2(C)C. The van der Waals surface area contributed by atoms with Gasteiger partial charge in [-0.2, -0.15) is 5.06 Å². The zero-order valence-corrected chi connectivity index (χ0v) is 30.3. The van der Waals surface area contributed by atoms with E-state index in [0.29, 0.717) is 41.8 Å². The van der Waals surface area contributed by atoms with E-state index in [1.165, 1.54) is 11.5 Å². The Morgan fingerprint density at radius 2 is 1.66 bits per heavy atom. The van der Waals surface area contributed by atoms with Gasteiger partial charge in [0.1, 0.15) is 6.04 Å². The lowest BCUT2D eigenvalue weighted by Gasteiger charge is -2.62. The maximum absolute atomic E-state index is 13.9. The van der Waals surface area contributed by atoms with Gasteiger partial charge in [-0.3, -0.25) is 14.4 Å². The Hall–Kier alpha value is -3.60. The van der Waals surface area contributed by atoms with Gasteiger partial charge in [-0.15, -0.1) is 0 Å². The molecule has 0 spiro atoms. The molecule has 1 saturated heterocycles. The fourth-order valence-electron chi connectivity index (χ4n) is 8.57. The van der Waals surface area contributed by atoms with Gasteiger partial charge in [0.05, 0.1) is 18.6 Å². The second-order valence-electron chi connectivity index (χ2n) is 15.7. The van der Waals surface area contributed by atoms with Gasteiger partial charge in [-0.25, -0.2) is 0 Å². The zero-order chi connectivity index (χ0) is 35.7. The van der Waals surface area contributed by atoms with Crippen LogP contribution in [0.1, 0.15) is 62.0 Å². The third-order valence-electron chi connectivity index (χ3n) is 11.8. The van der Waals surface area contributed by atoms with Crippen LogP contribution in [0, 0.1) is 29.1 Å². The molecule has 0 aromatic heterocycles. The number of benzene rings is 3. The van der Waals surface area contributed by atoms with Gasteiger partial charge in [0.15, 0.2) is 6.29 Å². The van der Waals surface area contributed by atoms with Crippen LogP contribution in [0.15, 0.2) is 78.9 Å². The highest BCUT2D eigenvalue weighted by Gasteiger charge is 2.57. The highest BCUT2D eigenvalue weighted by Crippen LogP contribution is 2.61. The van der Waals surface area contributed by atoms with Gasteiger partial charge in [-0.05, 0) is 97.5 Å². The molecule has 3 aliphatic carbocycles. The summed E-state index contributed by atoms with van der Waals surface area (Å²) < 4.78 is 0. The third-order valence-corrected chi connectivity index (χ3v) is 11.8. The van der Waals surface area contributed by atoms with E-state index >= 15 is 0 Å². The van der Waals surface area contributed by atoms with E-state index in [9.17, 15) is 19.8 Å². The summed E-state index contributed by atoms with van der Waals surface area (Å²) in [6, 6.07) is 24.9. The van der Waals surface area contributed by atoms with Crippen LogP contribution < -0.4 is 5.32 Å². The van der Waals surface area contributed by atoms with Crippen LogP contribution in [0.2, 0.25) is 0 Å². The van der Waals surface area contributed by atoms with Crippen LogP contribution in [0.5, 0.6) is 0 Å². The molecule has 2 amide bonds. The van der Waals surface area contributed by atoms with Crippen LogP contribution in [0.3, 0.4) is 0 Å². The molecule has 1 heterocycles. The number of hydroxylamine groups is 2. The molecule has 1 unspecified atom stereocenters. The van der Waals surface area contributed by atoms with E-state index in [2.05, 4.69) is 31.0 Å². The molecule has 3 aromatic carbocycles. The Kier molecular flexibility index (Phi) is 10.8. The Bertz CT molecular complexity index is 1630. The van der Waals surface area contributed by atoms with Crippen molar-refractivity contribution in [2.24, 2.45) is 29.1 Å².